The molecule has 1 aliphatic heterocycles. The van der Waals surface area contributed by atoms with Gasteiger partial charge in [-0.3, -0.25) is 0 Å². The van der Waals surface area contributed by atoms with Crippen molar-refractivity contribution in [2.45, 2.75) is 13.0 Å². The molecule has 1 aromatic heterocycles. The third-order valence-corrected chi connectivity index (χ3v) is 2.90. The summed E-state index contributed by atoms with van der Waals surface area (Å²) >= 11 is 0. The van der Waals surface area contributed by atoms with Crippen LogP contribution in [0.5, 0.6) is 0 Å². The minimum atomic E-state index is -0.567. The minimum Gasteiger partial charge on any atom is -0.392 e. The Morgan fingerprint density at radius 3 is 2.85 bits per heavy atom. The standard InChI is InChI=1S/C13H20N4O3/c1-10(18)8-15-13(19)16-11-2-3-12(14-9-11)17-4-6-20-7-5-17/h2-3,9-10,18H,4-8H2,1H3,(H2,15,16,19)/t10-/m0/s1. The van der Waals surface area contributed by atoms with Gasteiger partial charge in [0.05, 0.1) is 31.2 Å². The smallest absolute Gasteiger partial charge is 0.319 e. The van der Waals surface area contributed by atoms with Gasteiger partial charge in [-0.05, 0) is 19.1 Å². The molecule has 2 rings (SSSR count). The average Bonchev–Trinajstić information content (AvgIpc) is 2.47. The summed E-state index contributed by atoms with van der Waals surface area (Å²) in [5.74, 6) is 0.878. The number of aliphatic hydroxyl groups excluding tert-OH is 1. The van der Waals surface area contributed by atoms with E-state index in [9.17, 15) is 4.79 Å². The van der Waals surface area contributed by atoms with Crippen molar-refractivity contribution in [1.82, 2.24) is 10.3 Å². The Kier molecular flexibility index (Phi) is 5.14. The van der Waals surface area contributed by atoms with Gasteiger partial charge in [0.1, 0.15) is 5.82 Å². The summed E-state index contributed by atoms with van der Waals surface area (Å²) < 4.78 is 5.29. The number of carbonyl (C=O) groups is 1. The van der Waals surface area contributed by atoms with Crippen LogP contribution in [0.3, 0.4) is 0 Å². The van der Waals surface area contributed by atoms with E-state index in [0.29, 0.717) is 18.9 Å². The van der Waals surface area contributed by atoms with Crippen LogP contribution < -0.4 is 15.5 Å². The van der Waals surface area contributed by atoms with E-state index in [1.807, 2.05) is 6.07 Å². The second-order valence-electron chi connectivity index (χ2n) is 4.69. The first-order chi connectivity index (χ1) is 9.65. The largest absolute Gasteiger partial charge is 0.392 e. The van der Waals surface area contributed by atoms with Gasteiger partial charge in [-0.2, -0.15) is 0 Å². The molecular weight excluding hydrogens is 260 g/mol. The summed E-state index contributed by atoms with van der Waals surface area (Å²) in [5, 5.41) is 14.3. The van der Waals surface area contributed by atoms with E-state index in [-0.39, 0.29) is 12.6 Å². The van der Waals surface area contributed by atoms with Crippen molar-refractivity contribution >= 4 is 17.5 Å². The predicted octanol–water partition coefficient (Wildman–Crippen LogP) is 0.420. The monoisotopic (exact) mass is 280 g/mol. The fourth-order valence-electron chi connectivity index (χ4n) is 1.86. The van der Waals surface area contributed by atoms with Crippen molar-refractivity contribution in [3.05, 3.63) is 18.3 Å². The first-order valence-corrected chi connectivity index (χ1v) is 6.67. The highest BCUT2D eigenvalue weighted by Crippen LogP contribution is 2.15. The number of nitrogens with zero attached hydrogens (tertiary/aromatic N) is 2. The van der Waals surface area contributed by atoms with Crippen LogP contribution in [-0.2, 0) is 4.74 Å². The maximum absolute atomic E-state index is 11.5. The second kappa shape index (κ2) is 7.06. The molecule has 1 atom stereocenters. The average molecular weight is 280 g/mol. The number of rotatable bonds is 4. The van der Waals surface area contributed by atoms with Crippen molar-refractivity contribution in [1.29, 1.82) is 0 Å². The van der Waals surface area contributed by atoms with Gasteiger partial charge in [0.15, 0.2) is 0 Å². The molecule has 2 amide bonds. The molecule has 20 heavy (non-hydrogen) atoms. The van der Waals surface area contributed by atoms with Gasteiger partial charge in [0, 0.05) is 19.6 Å². The van der Waals surface area contributed by atoms with Crippen LogP contribution in [0, 0.1) is 0 Å². The fourth-order valence-corrected chi connectivity index (χ4v) is 1.86. The molecule has 0 radical (unpaired) electrons. The highest BCUT2D eigenvalue weighted by atomic mass is 16.5. The number of pyridine rings is 1. The van der Waals surface area contributed by atoms with Crippen LogP contribution >= 0.6 is 0 Å². The van der Waals surface area contributed by atoms with Crippen molar-refractivity contribution < 1.29 is 14.6 Å². The number of hydrogen-bond acceptors (Lipinski definition) is 5. The summed E-state index contributed by atoms with van der Waals surface area (Å²) in [6.07, 6.45) is 1.05. The lowest BCUT2D eigenvalue weighted by atomic mass is 10.3. The van der Waals surface area contributed by atoms with Crippen molar-refractivity contribution in [3.63, 3.8) is 0 Å². The molecule has 0 bridgehead atoms. The Balaban J connectivity index is 1.86. The Labute approximate surface area is 117 Å². The van der Waals surface area contributed by atoms with Crippen molar-refractivity contribution in [2.24, 2.45) is 0 Å². The normalized spacial score (nSPS) is 16.6. The molecule has 0 saturated carbocycles. The van der Waals surface area contributed by atoms with Gasteiger partial charge in [-0.1, -0.05) is 0 Å². The highest BCUT2D eigenvalue weighted by molar-refractivity contribution is 5.89. The molecule has 1 saturated heterocycles. The highest BCUT2D eigenvalue weighted by Gasteiger charge is 2.12. The zero-order chi connectivity index (χ0) is 14.4. The summed E-state index contributed by atoms with van der Waals surface area (Å²) in [6.45, 7) is 4.90. The number of urea groups is 1. The summed E-state index contributed by atoms with van der Waals surface area (Å²) in [6, 6.07) is 3.32. The van der Waals surface area contributed by atoms with Crippen LogP contribution in [0.15, 0.2) is 18.3 Å². The maximum atomic E-state index is 11.5. The van der Waals surface area contributed by atoms with Gasteiger partial charge >= 0.3 is 6.03 Å². The Morgan fingerprint density at radius 2 is 2.25 bits per heavy atom. The summed E-state index contributed by atoms with van der Waals surface area (Å²) in [5.41, 5.74) is 0.616. The van der Waals surface area contributed by atoms with E-state index in [0.717, 1.165) is 18.9 Å². The molecule has 7 nitrogen and oxygen atoms in total. The third-order valence-electron chi connectivity index (χ3n) is 2.90. The number of ether oxygens (including phenoxy) is 1. The van der Waals surface area contributed by atoms with E-state index in [1.165, 1.54) is 0 Å². The Hall–Kier alpha value is -1.86. The number of hydrogen-bond donors (Lipinski definition) is 3. The summed E-state index contributed by atoms with van der Waals surface area (Å²) in [4.78, 5) is 18.0. The van der Waals surface area contributed by atoms with E-state index in [2.05, 4.69) is 20.5 Å². The topological polar surface area (TPSA) is 86.7 Å². The number of carbonyl (C=O) groups excluding carboxylic acids is 1. The van der Waals surface area contributed by atoms with Gasteiger partial charge in [0.2, 0.25) is 0 Å². The third kappa shape index (κ3) is 4.36. The molecule has 110 valence electrons. The number of amides is 2. The van der Waals surface area contributed by atoms with Crippen LogP contribution in [0.4, 0.5) is 16.3 Å². The van der Waals surface area contributed by atoms with Crippen LogP contribution in [-0.4, -0.2) is 55.1 Å². The van der Waals surface area contributed by atoms with Gasteiger partial charge in [-0.25, -0.2) is 9.78 Å². The number of morpholine rings is 1. The van der Waals surface area contributed by atoms with Crippen LogP contribution in [0.25, 0.3) is 0 Å². The van der Waals surface area contributed by atoms with Gasteiger partial charge in [0.25, 0.3) is 0 Å². The molecule has 0 unspecified atom stereocenters. The van der Waals surface area contributed by atoms with E-state index in [4.69, 9.17) is 9.84 Å². The lowest BCUT2D eigenvalue weighted by Crippen LogP contribution is -2.36. The zero-order valence-corrected chi connectivity index (χ0v) is 11.5. The van der Waals surface area contributed by atoms with Gasteiger partial charge in [-0.15, -0.1) is 0 Å². The van der Waals surface area contributed by atoms with Crippen LogP contribution in [0.1, 0.15) is 6.92 Å². The van der Waals surface area contributed by atoms with E-state index in [1.54, 1.807) is 19.2 Å². The first-order valence-electron chi connectivity index (χ1n) is 6.67. The fraction of sp³-hybridized carbons (Fsp3) is 0.538. The number of aromatic nitrogens is 1. The van der Waals surface area contributed by atoms with Gasteiger partial charge < -0.3 is 25.4 Å². The predicted molar refractivity (Wildman–Crippen MR) is 76.0 cm³/mol. The number of aliphatic hydroxyl groups is 1. The molecule has 1 aromatic rings. The lowest BCUT2D eigenvalue weighted by Gasteiger charge is -2.27. The molecular formula is C13H20N4O3. The molecule has 1 aliphatic rings. The maximum Gasteiger partial charge on any atom is 0.319 e. The van der Waals surface area contributed by atoms with Crippen molar-refractivity contribution in [2.75, 3.05) is 43.1 Å². The van der Waals surface area contributed by atoms with E-state index >= 15 is 0 Å². The lowest BCUT2D eigenvalue weighted by molar-refractivity contribution is 0.122. The minimum absolute atomic E-state index is 0.213. The molecule has 7 heteroatoms. The molecule has 2 heterocycles. The van der Waals surface area contributed by atoms with E-state index < -0.39 is 6.10 Å². The molecule has 0 aromatic carbocycles. The SMILES string of the molecule is C[C@H](O)CNC(=O)Nc1ccc(N2CCOCC2)nc1. The first kappa shape index (κ1) is 14.5. The number of nitrogens with one attached hydrogen (secondary N) is 2. The Bertz CT molecular complexity index is 430. The zero-order valence-electron chi connectivity index (χ0n) is 11.5. The number of anilines is 2. The quantitative estimate of drug-likeness (QED) is 0.744. The molecule has 0 aliphatic carbocycles. The Morgan fingerprint density at radius 1 is 1.50 bits per heavy atom. The second-order valence-corrected chi connectivity index (χ2v) is 4.69. The van der Waals surface area contributed by atoms with Crippen molar-refractivity contribution in [3.8, 4) is 0 Å². The summed E-state index contributed by atoms with van der Waals surface area (Å²) in [7, 11) is 0. The molecule has 1 fully saturated rings. The van der Waals surface area contributed by atoms with Crippen LogP contribution in [0.2, 0.25) is 0 Å². The molecule has 3 N–H and O–H groups in total. The molecule has 0 spiro atoms.